The Balaban J connectivity index is 1.40. The monoisotopic (exact) mass is 274 g/mol. The number of anilines is 1. The van der Waals surface area contributed by atoms with Gasteiger partial charge in [-0.1, -0.05) is 19.3 Å². The summed E-state index contributed by atoms with van der Waals surface area (Å²) in [6.45, 7) is 1.71. The highest BCUT2D eigenvalue weighted by Gasteiger charge is 2.13. The van der Waals surface area contributed by atoms with E-state index < -0.39 is 0 Å². The number of nitrogens with one attached hydrogen (secondary N) is 2. The van der Waals surface area contributed by atoms with Crippen LogP contribution in [0.2, 0.25) is 0 Å². The second-order valence-corrected chi connectivity index (χ2v) is 5.37. The lowest BCUT2D eigenvalue weighted by Gasteiger charge is -2.21. The first kappa shape index (κ1) is 13.4. The van der Waals surface area contributed by atoms with Gasteiger partial charge in [-0.05, 0) is 25.3 Å². The number of ether oxygens (including phenoxy) is 1. The van der Waals surface area contributed by atoms with E-state index in [1.54, 1.807) is 6.33 Å². The summed E-state index contributed by atoms with van der Waals surface area (Å²) in [5.41, 5.74) is 0.876. The first-order valence-electron chi connectivity index (χ1n) is 7.57. The van der Waals surface area contributed by atoms with Crippen molar-refractivity contribution in [2.24, 2.45) is 0 Å². The van der Waals surface area contributed by atoms with E-state index >= 15 is 0 Å². The fourth-order valence-electron chi connectivity index (χ4n) is 2.77. The Morgan fingerprint density at radius 1 is 1.25 bits per heavy atom. The quantitative estimate of drug-likeness (QED) is 0.794. The summed E-state index contributed by atoms with van der Waals surface area (Å²) in [5.74, 6) is 0.897. The highest BCUT2D eigenvalue weighted by molar-refractivity contribution is 5.86. The van der Waals surface area contributed by atoms with Crippen LogP contribution in [0.25, 0.3) is 11.0 Å². The van der Waals surface area contributed by atoms with E-state index in [1.807, 2.05) is 12.3 Å². The Morgan fingerprint density at radius 3 is 3.05 bits per heavy atom. The number of H-pyrrole nitrogens is 1. The molecule has 2 heterocycles. The zero-order valence-corrected chi connectivity index (χ0v) is 11.8. The number of rotatable bonds is 6. The molecule has 0 atom stereocenters. The van der Waals surface area contributed by atoms with Crippen LogP contribution >= 0.6 is 0 Å². The van der Waals surface area contributed by atoms with Gasteiger partial charge in [0, 0.05) is 19.3 Å². The fourth-order valence-corrected chi connectivity index (χ4v) is 2.77. The van der Waals surface area contributed by atoms with Gasteiger partial charge in [0.1, 0.15) is 17.8 Å². The van der Waals surface area contributed by atoms with Crippen molar-refractivity contribution in [1.29, 1.82) is 0 Å². The van der Waals surface area contributed by atoms with Crippen molar-refractivity contribution in [2.45, 2.75) is 44.6 Å². The Labute approximate surface area is 119 Å². The third kappa shape index (κ3) is 3.28. The van der Waals surface area contributed by atoms with Gasteiger partial charge >= 0.3 is 0 Å². The molecule has 0 aromatic carbocycles. The van der Waals surface area contributed by atoms with Gasteiger partial charge in [0.05, 0.1) is 11.5 Å². The molecule has 2 aromatic rings. The minimum Gasteiger partial charge on any atom is -0.378 e. The normalized spacial score (nSPS) is 16.6. The summed E-state index contributed by atoms with van der Waals surface area (Å²) < 4.78 is 5.91. The number of nitrogens with zero attached hydrogens (tertiary/aromatic N) is 2. The molecule has 5 heteroatoms. The third-order valence-corrected chi connectivity index (χ3v) is 3.87. The van der Waals surface area contributed by atoms with Crippen molar-refractivity contribution >= 4 is 16.9 Å². The molecule has 0 amide bonds. The van der Waals surface area contributed by atoms with Crippen molar-refractivity contribution in [2.75, 3.05) is 18.5 Å². The molecule has 5 nitrogen and oxygen atoms in total. The maximum absolute atomic E-state index is 5.91. The van der Waals surface area contributed by atoms with Crippen LogP contribution in [0, 0.1) is 0 Å². The summed E-state index contributed by atoms with van der Waals surface area (Å²) >= 11 is 0. The number of hydrogen-bond donors (Lipinski definition) is 2. The van der Waals surface area contributed by atoms with Crippen LogP contribution in [0.1, 0.15) is 38.5 Å². The van der Waals surface area contributed by atoms with Crippen LogP contribution < -0.4 is 5.32 Å². The fraction of sp³-hybridized carbons (Fsp3) is 0.600. The minimum atomic E-state index is 0.499. The van der Waals surface area contributed by atoms with Gasteiger partial charge in [-0.3, -0.25) is 0 Å². The molecule has 1 aliphatic rings. The number of aromatic nitrogens is 3. The van der Waals surface area contributed by atoms with Gasteiger partial charge in [-0.25, -0.2) is 9.97 Å². The number of fused-ring (bicyclic) bond motifs is 1. The van der Waals surface area contributed by atoms with E-state index in [4.69, 9.17) is 4.74 Å². The molecule has 0 bridgehead atoms. The highest BCUT2D eigenvalue weighted by Crippen LogP contribution is 2.20. The van der Waals surface area contributed by atoms with Crippen molar-refractivity contribution in [3.63, 3.8) is 0 Å². The summed E-state index contributed by atoms with van der Waals surface area (Å²) in [5, 5.41) is 4.40. The molecule has 1 aliphatic carbocycles. The largest absolute Gasteiger partial charge is 0.378 e. The van der Waals surface area contributed by atoms with Gasteiger partial charge in [0.2, 0.25) is 0 Å². The predicted octanol–water partition coefficient (Wildman–Crippen LogP) is 3.11. The molecule has 1 saturated carbocycles. The van der Waals surface area contributed by atoms with Crippen molar-refractivity contribution in [3.05, 3.63) is 18.6 Å². The van der Waals surface area contributed by atoms with Crippen LogP contribution in [0.4, 0.5) is 5.82 Å². The molecular formula is C15H22N4O. The van der Waals surface area contributed by atoms with Gasteiger partial charge < -0.3 is 15.0 Å². The maximum atomic E-state index is 5.91. The molecule has 2 aromatic heterocycles. The first-order chi connectivity index (χ1) is 9.93. The van der Waals surface area contributed by atoms with Crippen LogP contribution in [0.5, 0.6) is 0 Å². The number of hydrogen-bond acceptors (Lipinski definition) is 4. The number of aromatic amines is 1. The second-order valence-electron chi connectivity index (χ2n) is 5.37. The average Bonchev–Trinajstić information content (AvgIpc) is 2.97. The van der Waals surface area contributed by atoms with E-state index in [2.05, 4.69) is 20.3 Å². The third-order valence-electron chi connectivity index (χ3n) is 3.87. The van der Waals surface area contributed by atoms with E-state index in [1.165, 1.54) is 32.1 Å². The van der Waals surface area contributed by atoms with Gasteiger partial charge in [0.15, 0.2) is 0 Å². The molecule has 3 rings (SSSR count). The Bertz CT molecular complexity index is 533. The SMILES string of the molecule is c1nc(NCCCOC2CCCCC2)c2cc[nH]c2n1. The maximum Gasteiger partial charge on any atom is 0.142 e. The van der Waals surface area contributed by atoms with Crippen LogP contribution in [0.3, 0.4) is 0 Å². The molecule has 108 valence electrons. The van der Waals surface area contributed by atoms with Gasteiger partial charge in [0.25, 0.3) is 0 Å². The molecule has 20 heavy (non-hydrogen) atoms. The molecular weight excluding hydrogens is 252 g/mol. The average molecular weight is 274 g/mol. The lowest BCUT2D eigenvalue weighted by atomic mass is 9.98. The molecule has 2 N–H and O–H groups in total. The molecule has 0 unspecified atom stereocenters. The Morgan fingerprint density at radius 2 is 2.15 bits per heavy atom. The van der Waals surface area contributed by atoms with Crippen molar-refractivity contribution < 1.29 is 4.74 Å². The zero-order chi connectivity index (χ0) is 13.6. The van der Waals surface area contributed by atoms with E-state index in [0.29, 0.717) is 6.10 Å². The van der Waals surface area contributed by atoms with Gasteiger partial charge in [-0.2, -0.15) is 0 Å². The Kier molecular flexibility index (Phi) is 4.48. The minimum absolute atomic E-state index is 0.499. The topological polar surface area (TPSA) is 62.8 Å². The zero-order valence-electron chi connectivity index (χ0n) is 11.8. The summed E-state index contributed by atoms with van der Waals surface area (Å²) in [6.07, 6.45) is 11.5. The molecule has 0 radical (unpaired) electrons. The van der Waals surface area contributed by atoms with Crippen LogP contribution in [0.15, 0.2) is 18.6 Å². The first-order valence-corrected chi connectivity index (χ1v) is 7.57. The van der Waals surface area contributed by atoms with Crippen LogP contribution in [-0.4, -0.2) is 34.2 Å². The molecule has 0 saturated heterocycles. The van der Waals surface area contributed by atoms with Crippen molar-refractivity contribution in [3.8, 4) is 0 Å². The van der Waals surface area contributed by atoms with Crippen LogP contribution in [-0.2, 0) is 4.74 Å². The van der Waals surface area contributed by atoms with E-state index in [0.717, 1.165) is 36.4 Å². The Hall–Kier alpha value is -1.62. The molecule has 1 fully saturated rings. The van der Waals surface area contributed by atoms with Gasteiger partial charge in [-0.15, -0.1) is 0 Å². The lowest BCUT2D eigenvalue weighted by molar-refractivity contribution is 0.0284. The van der Waals surface area contributed by atoms with Crippen molar-refractivity contribution in [1.82, 2.24) is 15.0 Å². The predicted molar refractivity (Wildman–Crippen MR) is 79.8 cm³/mol. The lowest BCUT2D eigenvalue weighted by Crippen LogP contribution is -2.18. The van der Waals surface area contributed by atoms with E-state index in [-0.39, 0.29) is 0 Å². The molecule has 0 aliphatic heterocycles. The smallest absolute Gasteiger partial charge is 0.142 e. The standard InChI is InChI=1S/C15H22N4O/c1-2-5-12(6-3-1)20-10-4-8-16-14-13-7-9-17-15(13)19-11-18-14/h7,9,11-12H,1-6,8,10H2,(H2,16,17,18,19). The summed E-state index contributed by atoms with van der Waals surface area (Å²) in [7, 11) is 0. The summed E-state index contributed by atoms with van der Waals surface area (Å²) in [4.78, 5) is 11.5. The highest BCUT2D eigenvalue weighted by atomic mass is 16.5. The van der Waals surface area contributed by atoms with E-state index in [9.17, 15) is 0 Å². The summed E-state index contributed by atoms with van der Waals surface area (Å²) in [6, 6.07) is 2.00. The molecule has 0 spiro atoms. The second kappa shape index (κ2) is 6.70.